The fourth-order valence-electron chi connectivity index (χ4n) is 2.50. The molecule has 1 aromatic rings. The SMILES string of the molecule is CCCNc1ccc(S(=O)(=O)NC2(CC)CCC2)cc1. The van der Waals surface area contributed by atoms with Gasteiger partial charge in [0.1, 0.15) is 0 Å². The van der Waals surface area contributed by atoms with Gasteiger partial charge in [-0.3, -0.25) is 0 Å². The van der Waals surface area contributed by atoms with Crippen LogP contribution >= 0.6 is 0 Å². The quantitative estimate of drug-likeness (QED) is 0.813. The molecule has 0 aromatic heterocycles. The molecule has 1 saturated carbocycles. The highest BCUT2D eigenvalue weighted by molar-refractivity contribution is 7.89. The predicted molar refractivity (Wildman–Crippen MR) is 82.4 cm³/mol. The first kappa shape index (κ1) is 15.3. The molecule has 0 aliphatic heterocycles. The third kappa shape index (κ3) is 3.33. The molecular weight excluding hydrogens is 272 g/mol. The Kier molecular flexibility index (Phi) is 4.70. The second kappa shape index (κ2) is 6.14. The standard InChI is InChI=1S/C15H24N2O2S/c1-3-12-16-13-6-8-14(9-7-13)20(18,19)17-15(4-2)10-5-11-15/h6-9,16-17H,3-5,10-12H2,1-2H3. The summed E-state index contributed by atoms with van der Waals surface area (Å²) in [7, 11) is -3.41. The molecule has 112 valence electrons. The first-order valence-electron chi connectivity index (χ1n) is 7.39. The minimum absolute atomic E-state index is 0.210. The predicted octanol–water partition coefficient (Wildman–Crippen LogP) is 3.12. The minimum atomic E-state index is -3.41. The lowest BCUT2D eigenvalue weighted by molar-refractivity contribution is 0.214. The average Bonchev–Trinajstić information content (AvgIpc) is 2.41. The zero-order valence-electron chi connectivity index (χ0n) is 12.3. The molecule has 0 saturated heterocycles. The van der Waals surface area contributed by atoms with Gasteiger partial charge in [-0.15, -0.1) is 0 Å². The smallest absolute Gasteiger partial charge is 0.241 e. The Labute approximate surface area is 122 Å². The number of hydrogen-bond acceptors (Lipinski definition) is 3. The van der Waals surface area contributed by atoms with E-state index in [2.05, 4.69) is 17.0 Å². The van der Waals surface area contributed by atoms with Crippen molar-refractivity contribution in [2.45, 2.75) is 56.4 Å². The Morgan fingerprint density at radius 2 is 1.80 bits per heavy atom. The van der Waals surface area contributed by atoms with E-state index in [4.69, 9.17) is 0 Å². The van der Waals surface area contributed by atoms with Crippen molar-refractivity contribution in [1.29, 1.82) is 0 Å². The van der Waals surface area contributed by atoms with Gasteiger partial charge in [0.2, 0.25) is 10.0 Å². The molecule has 1 fully saturated rings. The molecule has 4 nitrogen and oxygen atoms in total. The molecule has 1 aromatic carbocycles. The van der Waals surface area contributed by atoms with Gasteiger partial charge in [0, 0.05) is 17.8 Å². The molecule has 5 heteroatoms. The normalized spacial score (nSPS) is 17.5. The molecule has 0 atom stereocenters. The maximum atomic E-state index is 12.4. The molecule has 1 aliphatic rings. The third-order valence-electron chi connectivity index (χ3n) is 4.08. The van der Waals surface area contributed by atoms with Crippen molar-refractivity contribution in [3.05, 3.63) is 24.3 Å². The molecule has 0 bridgehead atoms. The van der Waals surface area contributed by atoms with E-state index in [1.54, 1.807) is 12.1 Å². The molecule has 0 radical (unpaired) electrons. The fraction of sp³-hybridized carbons (Fsp3) is 0.600. The van der Waals surface area contributed by atoms with Crippen LogP contribution in [0.5, 0.6) is 0 Å². The number of benzene rings is 1. The molecule has 1 aliphatic carbocycles. The first-order chi connectivity index (χ1) is 9.51. The Morgan fingerprint density at radius 3 is 2.25 bits per heavy atom. The van der Waals surface area contributed by atoms with E-state index in [0.29, 0.717) is 4.90 Å². The first-order valence-corrected chi connectivity index (χ1v) is 8.87. The molecule has 0 heterocycles. The molecule has 0 amide bonds. The molecule has 20 heavy (non-hydrogen) atoms. The summed E-state index contributed by atoms with van der Waals surface area (Å²) >= 11 is 0. The van der Waals surface area contributed by atoms with Crippen molar-refractivity contribution in [3.8, 4) is 0 Å². The van der Waals surface area contributed by atoms with Crippen molar-refractivity contribution >= 4 is 15.7 Å². The van der Waals surface area contributed by atoms with Crippen LogP contribution in [0.25, 0.3) is 0 Å². The Morgan fingerprint density at radius 1 is 1.15 bits per heavy atom. The van der Waals surface area contributed by atoms with E-state index >= 15 is 0 Å². The second-order valence-electron chi connectivity index (χ2n) is 5.54. The van der Waals surface area contributed by atoms with E-state index in [9.17, 15) is 8.42 Å². The highest BCUT2D eigenvalue weighted by Crippen LogP contribution is 2.36. The minimum Gasteiger partial charge on any atom is -0.385 e. The summed E-state index contributed by atoms with van der Waals surface area (Å²) in [6.07, 6.45) is 4.89. The summed E-state index contributed by atoms with van der Waals surface area (Å²) in [4.78, 5) is 0.347. The van der Waals surface area contributed by atoms with E-state index in [1.807, 2.05) is 19.1 Å². The monoisotopic (exact) mass is 296 g/mol. The van der Waals surface area contributed by atoms with E-state index in [1.165, 1.54) is 0 Å². The van der Waals surface area contributed by atoms with Gasteiger partial charge in [-0.1, -0.05) is 13.8 Å². The summed E-state index contributed by atoms with van der Waals surface area (Å²) in [5.74, 6) is 0. The van der Waals surface area contributed by atoms with Crippen LogP contribution in [0.15, 0.2) is 29.2 Å². The highest BCUT2D eigenvalue weighted by Gasteiger charge is 2.38. The number of hydrogen-bond donors (Lipinski definition) is 2. The van der Waals surface area contributed by atoms with Crippen LogP contribution in [-0.4, -0.2) is 20.5 Å². The van der Waals surface area contributed by atoms with Crippen LogP contribution < -0.4 is 10.0 Å². The average molecular weight is 296 g/mol. The van der Waals surface area contributed by atoms with E-state index in [-0.39, 0.29) is 5.54 Å². The van der Waals surface area contributed by atoms with Crippen LogP contribution in [0.4, 0.5) is 5.69 Å². The fourth-order valence-corrected chi connectivity index (χ4v) is 4.03. The van der Waals surface area contributed by atoms with Crippen molar-refractivity contribution in [1.82, 2.24) is 4.72 Å². The molecular formula is C15H24N2O2S. The van der Waals surface area contributed by atoms with Gasteiger partial charge in [0.05, 0.1) is 4.90 Å². The van der Waals surface area contributed by atoms with Crippen LogP contribution in [0, 0.1) is 0 Å². The number of anilines is 1. The van der Waals surface area contributed by atoms with E-state index in [0.717, 1.165) is 44.3 Å². The number of nitrogens with one attached hydrogen (secondary N) is 2. The summed E-state index contributed by atoms with van der Waals surface area (Å²) in [5, 5.41) is 3.24. The lowest BCUT2D eigenvalue weighted by atomic mass is 9.76. The summed E-state index contributed by atoms with van der Waals surface area (Å²) < 4.78 is 27.7. The van der Waals surface area contributed by atoms with Crippen LogP contribution in [-0.2, 0) is 10.0 Å². The Balaban J connectivity index is 2.09. The van der Waals surface area contributed by atoms with Gasteiger partial charge in [-0.2, -0.15) is 0 Å². The highest BCUT2D eigenvalue weighted by atomic mass is 32.2. The maximum Gasteiger partial charge on any atom is 0.241 e. The maximum absolute atomic E-state index is 12.4. The van der Waals surface area contributed by atoms with Gasteiger partial charge in [-0.25, -0.2) is 13.1 Å². The van der Waals surface area contributed by atoms with Crippen molar-refractivity contribution < 1.29 is 8.42 Å². The van der Waals surface area contributed by atoms with Gasteiger partial charge in [0.15, 0.2) is 0 Å². The van der Waals surface area contributed by atoms with Crippen molar-refractivity contribution in [3.63, 3.8) is 0 Å². The lowest BCUT2D eigenvalue weighted by Gasteiger charge is -2.41. The molecule has 2 N–H and O–H groups in total. The second-order valence-corrected chi connectivity index (χ2v) is 7.23. The summed E-state index contributed by atoms with van der Waals surface area (Å²) in [6.45, 7) is 5.03. The largest absolute Gasteiger partial charge is 0.385 e. The van der Waals surface area contributed by atoms with Crippen LogP contribution in [0.3, 0.4) is 0 Å². The molecule has 0 spiro atoms. The Bertz CT molecular complexity index is 528. The van der Waals surface area contributed by atoms with Gasteiger partial charge < -0.3 is 5.32 Å². The summed E-state index contributed by atoms with van der Waals surface area (Å²) in [5.41, 5.74) is 0.748. The molecule has 2 rings (SSSR count). The zero-order chi connectivity index (χ0) is 14.6. The Hall–Kier alpha value is -1.07. The summed E-state index contributed by atoms with van der Waals surface area (Å²) in [6, 6.07) is 6.98. The van der Waals surface area contributed by atoms with Gasteiger partial charge >= 0.3 is 0 Å². The van der Waals surface area contributed by atoms with Gasteiger partial charge in [-0.05, 0) is 56.4 Å². The third-order valence-corrected chi connectivity index (χ3v) is 5.68. The van der Waals surface area contributed by atoms with E-state index < -0.39 is 10.0 Å². The number of rotatable bonds is 7. The van der Waals surface area contributed by atoms with Crippen LogP contribution in [0.1, 0.15) is 46.0 Å². The molecule has 0 unspecified atom stereocenters. The topological polar surface area (TPSA) is 58.2 Å². The van der Waals surface area contributed by atoms with Gasteiger partial charge in [0.25, 0.3) is 0 Å². The van der Waals surface area contributed by atoms with Crippen molar-refractivity contribution in [2.75, 3.05) is 11.9 Å². The van der Waals surface area contributed by atoms with Crippen LogP contribution in [0.2, 0.25) is 0 Å². The lowest BCUT2D eigenvalue weighted by Crippen LogP contribution is -2.52. The zero-order valence-corrected chi connectivity index (χ0v) is 13.1. The number of sulfonamides is 1. The van der Waals surface area contributed by atoms with Crippen molar-refractivity contribution in [2.24, 2.45) is 0 Å².